The van der Waals surface area contributed by atoms with Crippen molar-refractivity contribution in [1.82, 2.24) is 20.2 Å². The van der Waals surface area contributed by atoms with E-state index >= 15 is 0 Å². The summed E-state index contributed by atoms with van der Waals surface area (Å²) in [7, 11) is 0. The van der Waals surface area contributed by atoms with Crippen LogP contribution in [-0.2, 0) is 0 Å². The van der Waals surface area contributed by atoms with Crippen LogP contribution in [0.25, 0.3) is 10.9 Å². The number of piperazine rings is 1. The summed E-state index contributed by atoms with van der Waals surface area (Å²) in [5.41, 5.74) is 9.56. The number of nitrogens with one attached hydrogen (secondary N) is 2. The van der Waals surface area contributed by atoms with Crippen molar-refractivity contribution in [2.75, 3.05) is 42.2 Å². The molecular formula is C22H28N8O. The van der Waals surface area contributed by atoms with Gasteiger partial charge in [0.15, 0.2) is 0 Å². The summed E-state index contributed by atoms with van der Waals surface area (Å²) in [5.74, 6) is 6.72. The molecule has 4 rings (SSSR count). The Kier molecular flexibility index (Phi) is 5.88. The first-order chi connectivity index (χ1) is 14.9. The summed E-state index contributed by atoms with van der Waals surface area (Å²) in [5, 5.41) is 8.92. The second kappa shape index (κ2) is 8.75. The Morgan fingerprint density at radius 1 is 1.16 bits per heavy atom. The van der Waals surface area contributed by atoms with Gasteiger partial charge >= 0.3 is 0 Å². The predicted octanol–water partition coefficient (Wildman–Crippen LogP) is 2.09. The maximum absolute atomic E-state index is 12.6. The number of rotatable bonds is 5. The van der Waals surface area contributed by atoms with Gasteiger partial charge in [-0.3, -0.25) is 4.79 Å². The highest BCUT2D eigenvalue weighted by atomic mass is 16.2. The topological polar surface area (TPSA) is 125 Å². The third kappa shape index (κ3) is 4.37. The van der Waals surface area contributed by atoms with E-state index in [4.69, 9.17) is 11.6 Å². The molecule has 0 radical (unpaired) electrons. The third-order valence-electron chi connectivity index (χ3n) is 5.36. The van der Waals surface area contributed by atoms with Gasteiger partial charge in [0.1, 0.15) is 11.2 Å². The molecule has 1 aliphatic rings. The van der Waals surface area contributed by atoms with Crippen LogP contribution in [0.5, 0.6) is 0 Å². The van der Waals surface area contributed by atoms with Crippen LogP contribution in [0.4, 0.5) is 23.0 Å². The number of aromatic nitrogens is 2. The number of hydrogen-bond donors (Lipinski definition) is 4. The molecule has 3 aromatic rings. The van der Waals surface area contributed by atoms with Gasteiger partial charge in [0, 0.05) is 55.1 Å². The van der Waals surface area contributed by atoms with E-state index in [2.05, 4.69) is 20.6 Å². The number of carbonyl (C=O) groups is 1. The van der Waals surface area contributed by atoms with Crippen LogP contribution in [0.2, 0.25) is 0 Å². The monoisotopic (exact) mass is 420 g/mol. The SMILES string of the molecule is CC(C)N(N)c1c(N)ccc2cnc(Nc3ccc(C(=O)N4CCNCC4)cc3)nc12. The van der Waals surface area contributed by atoms with E-state index in [0.29, 0.717) is 28.4 Å². The number of hydrazine groups is 1. The first-order valence-corrected chi connectivity index (χ1v) is 10.4. The lowest BCUT2D eigenvalue weighted by Crippen LogP contribution is -2.46. The molecule has 1 aliphatic heterocycles. The lowest BCUT2D eigenvalue weighted by atomic mass is 10.1. The molecule has 2 aromatic carbocycles. The molecule has 0 aliphatic carbocycles. The summed E-state index contributed by atoms with van der Waals surface area (Å²) in [6, 6.07) is 11.1. The Hall–Kier alpha value is -3.43. The Bertz CT molecular complexity index is 1080. The molecule has 9 nitrogen and oxygen atoms in total. The third-order valence-corrected chi connectivity index (χ3v) is 5.36. The standard InChI is InChI=1S/C22H28N8O/c1-14(2)30(24)20-18(23)8-5-16-13-26-22(28-19(16)20)27-17-6-3-15(4-7-17)21(31)29-11-9-25-10-12-29/h3-8,13-14,25H,9-12,23-24H2,1-2H3,(H,26,27,28). The number of nitrogens with two attached hydrogens (primary N) is 2. The molecule has 1 aromatic heterocycles. The largest absolute Gasteiger partial charge is 0.397 e. The van der Waals surface area contributed by atoms with Gasteiger partial charge < -0.3 is 26.3 Å². The molecule has 2 heterocycles. The normalized spacial score (nSPS) is 14.1. The van der Waals surface area contributed by atoms with Crippen molar-refractivity contribution in [2.24, 2.45) is 5.84 Å². The molecular weight excluding hydrogens is 392 g/mol. The second-order valence-electron chi connectivity index (χ2n) is 7.88. The fourth-order valence-electron chi connectivity index (χ4n) is 3.56. The molecule has 0 spiro atoms. The highest BCUT2D eigenvalue weighted by Crippen LogP contribution is 2.31. The minimum Gasteiger partial charge on any atom is -0.397 e. The summed E-state index contributed by atoms with van der Waals surface area (Å²) in [6.07, 6.45) is 1.74. The average Bonchev–Trinajstić information content (AvgIpc) is 2.79. The van der Waals surface area contributed by atoms with Crippen molar-refractivity contribution >= 4 is 39.8 Å². The van der Waals surface area contributed by atoms with Gasteiger partial charge in [-0.25, -0.2) is 15.8 Å². The van der Waals surface area contributed by atoms with Crippen LogP contribution < -0.4 is 27.2 Å². The molecule has 9 heteroatoms. The molecule has 31 heavy (non-hydrogen) atoms. The number of benzene rings is 2. The van der Waals surface area contributed by atoms with E-state index in [1.54, 1.807) is 11.2 Å². The zero-order valence-electron chi connectivity index (χ0n) is 17.8. The Morgan fingerprint density at radius 3 is 2.55 bits per heavy atom. The quantitative estimate of drug-likeness (QED) is 0.281. The van der Waals surface area contributed by atoms with E-state index in [0.717, 1.165) is 37.3 Å². The van der Waals surface area contributed by atoms with E-state index < -0.39 is 0 Å². The molecule has 162 valence electrons. The molecule has 0 unspecified atom stereocenters. The lowest BCUT2D eigenvalue weighted by Gasteiger charge is -2.27. The molecule has 0 atom stereocenters. The number of carbonyl (C=O) groups excluding carboxylic acids is 1. The minimum atomic E-state index is 0.0480. The Balaban J connectivity index is 1.57. The molecule has 1 fully saturated rings. The van der Waals surface area contributed by atoms with Gasteiger partial charge in [-0.2, -0.15) is 0 Å². The smallest absolute Gasteiger partial charge is 0.253 e. The van der Waals surface area contributed by atoms with Gasteiger partial charge in [0.2, 0.25) is 5.95 Å². The number of anilines is 4. The zero-order chi connectivity index (χ0) is 22.0. The van der Waals surface area contributed by atoms with Crippen molar-refractivity contribution in [3.8, 4) is 0 Å². The maximum atomic E-state index is 12.6. The fourth-order valence-corrected chi connectivity index (χ4v) is 3.56. The highest BCUT2D eigenvalue weighted by Gasteiger charge is 2.18. The van der Waals surface area contributed by atoms with Crippen molar-refractivity contribution in [3.05, 3.63) is 48.2 Å². The second-order valence-corrected chi connectivity index (χ2v) is 7.88. The fraction of sp³-hybridized carbons (Fsp3) is 0.318. The van der Waals surface area contributed by atoms with Gasteiger partial charge in [0.25, 0.3) is 5.91 Å². The van der Waals surface area contributed by atoms with Crippen molar-refractivity contribution in [2.45, 2.75) is 19.9 Å². The van der Waals surface area contributed by atoms with Crippen LogP contribution in [0.1, 0.15) is 24.2 Å². The molecule has 6 N–H and O–H groups in total. The average molecular weight is 421 g/mol. The van der Waals surface area contributed by atoms with Crippen molar-refractivity contribution in [1.29, 1.82) is 0 Å². The number of nitrogen functional groups attached to an aromatic ring is 1. The molecule has 1 amide bonds. The van der Waals surface area contributed by atoms with Crippen molar-refractivity contribution in [3.63, 3.8) is 0 Å². The molecule has 0 bridgehead atoms. The van der Waals surface area contributed by atoms with Crippen molar-refractivity contribution < 1.29 is 4.79 Å². The Labute approximate surface area is 181 Å². The van der Waals surface area contributed by atoms with Crippen LogP contribution in [0, 0.1) is 0 Å². The first kappa shape index (κ1) is 20.8. The summed E-state index contributed by atoms with van der Waals surface area (Å²) < 4.78 is 0. The van der Waals surface area contributed by atoms with Crippen LogP contribution in [0.15, 0.2) is 42.6 Å². The maximum Gasteiger partial charge on any atom is 0.253 e. The van der Waals surface area contributed by atoms with Gasteiger partial charge in [-0.05, 0) is 50.2 Å². The van der Waals surface area contributed by atoms with Crippen LogP contribution in [-0.4, -0.2) is 53.0 Å². The molecule has 0 saturated carbocycles. The van der Waals surface area contributed by atoms with Gasteiger partial charge in [-0.1, -0.05) is 0 Å². The number of amides is 1. The zero-order valence-corrected chi connectivity index (χ0v) is 17.8. The summed E-state index contributed by atoms with van der Waals surface area (Å²) >= 11 is 0. The minimum absolute atomic E-state index is 0.0480. The summed E-state index contributed by atoms with van der Waals surface area (Å²) in [4.78, 5) is 23.6. The van der Waals surface area contributed by atoms with Crippen LogP contribution >= 0.6 is 0 Å². The van der Waals surface area contributed by atoms with E-state index in [9.17, 15) is 4.79 Å². The number of hydrogen-bond acceptors (Lipinski definition) is 8. The summed E-state index contributed by atoms with van der Waals surface area (Å²) in [6.45, 7) is 7.08. The number of fused-ring (bicyclic) bond motifs is 1. The van der Waals surface area contributed by atoms with E-state index in [1.165, 1.54) is 0 Å². The van der Waals surface area contributed by atoms with Gasteiger partial charge in [-0.15, -0.1) is 0 Å². The lowest BCUT2D eigenvalue weighted by molar-refractivity contribution is 0.0736. The highest BCUT2D eigenvalue weighted by molar-refractivity contribution is 5.97. The van der Waals surface area contributed by atoms with E-state index in [1.807, 2.05) is 55.1 Å². The van der Waals surface area contributed by atoms with Gasteiger partial charge in [0.05, 0.1) is 5.69 Å². The predicted molar refractivity (Wildman–Crippen MR) is 124 cm³/mol. The van der Waals surface area contributed by atoms with Crippen LogP contribution in [0.3, 0.4) is 0 Å². The Morgan fingerprint density at radius 2 is 1.87 bits per heavy atom. The molecule has 1 saturated heterocycles. The number of nitrogens with zero attached hydrogens (tertiary/aromatic N) is 4. The first-order valence-electron chi connectivity index (χ1n) is 10.4. The van der Waals surface area contributed by atoms with E-state index in [-0.39, 0.29) is 11.9 Å².